The van der Waals surface area contributed by atoms with E-state index in [4.69, 9.17) is 0 Å². The average Bonchev–Trinajstić information content (AvgIpc) is 2.98. The first-order valence-electron chi connectivity index (χ1n) is 7.53. The quantitative estimate of drug-likeness (QED) is 0.810. The van der Waals surface area contributed by atoms with Gasteiger partial charge in [-0.25, -0.2) is 0 Å². The number of aryl methyl sites for hydroxylation is 1. The van der Waals surface area contributed by atoms with Crippen molar-refractivity contribution < 1.29 is 4.79 Å². The summed E-state index contributed by atoms with van der Waals surface area (Å²) in [5, 5.41) is 6.34. The van der Waals surface area contributed by atoms with Gasteiger partial charge < -0.3 is 10.6 Å². The molecule has 1 aliphatic heterocycles. The summed E-state index contributed by atoms with van der Waals surface area (Å²) in [4.78, 5) is 12.0. The van der Waals surface area contributed by atoms with E-state index in [0.29, 0.717) is 13.0 Å². The van der Waals surface area contributed by atoms with Gasteiger partial charge in [0.25, 0.3) is 0 Å². The maximum Gasteiger partial charge on any atom is 0.220 e. The molecule has 0 unspecified atom stereocenters. The van der Waals surface area contributed by atoms with Crippen LogP contribution >= 0.6 is 28.3 Å². The Hall–Kier alpha value is -1.36. The standard InChI is InChI=1S/C18H19BrN2O.ClH/c19-17-3-1-2-13(9-17)5-7-18(22)21-10-14-4-6-15-11-20-12-16(15)8-14;/h1-4,6,8-9,20H,5,7,10-12H2,(H,21,22);1H. The van der Waals surface area contributed by atoms with Gasteiger partial charge in [0.2, 0.25) is 5.91 Å². The Morgan fingerprint density at radius 2 is 1.91 bits per heavy atom. The first-order chi connectivity index (χ1) is 10.7. The summed E-state index contributed by atoms with van der Waals surface area (Å²) in [7, 11) is 0. The van der Waals surface area contributed by atoms with Gasteiger partial charge in [0, 0.05) is 30.5 Å². The Morgan fingerprint density at radius 1 is 1.09 bits per heavy atom. The van der Waals surface area contributed by atoms with E-state index in [9.17, 15) is 4.79 Å². The Labute approximate surface area is 151 Å². The fourth-order valence-electron chi connectivity index (χ4n) is 2.70. The zero-order valence-electron chi connectivity index (χ0n) is 12.8. The zero-order chi connectivity index (χ0) is 15.4. The van der Waals surface area contributed by atoms with Crippen LogP contribution in [-0.4, -0.2) is 5.91 Å². The van der Waals surface area contributed by atoms with Crippen molar-refractivity contribution in [3.05, 3.63) is 69.2 Å². The lowest BCUT2D eigenvalue weighted by Gasteiger charge is -2.07. The summed E-state index contributed by atoms with van der Waals surface area (Å²) < 4.78 is 1.05. The summed E-state index contributed by atoms with van der Waals surface area (Å²) in [6.07, 6.45) is 1.28. The molecule has 0 saturated heterocycles. The fraction of sp³-hybridized carbons (Fsp3) is 0.278. The van der Waals surface area contributed by atoms with Crippen LogP contribution in [0.1, 0.15) is 28.7 Å². The first-order valence-corrected chi connectivity index (χ1v) is 8.32. The molecule has 1 aliphatic rings. The Bertz CT molecular complexity index is 690. The number of rotatable bonds is 5. The van der Waals surface area contributed by atoms with Gasteiger partial charge in [-0.2, -0.15) is 0 Å². The second-order valence-corrected chi connectivity index (χ2v) is 6.53. The number of fused-ring (bicyclic) bond motifs is 1. The van der Waals surface area contributed by atoms with E-state index < -0.39 is 0 Å². The highest BCUT2D eigenvalue weighted by Gasteiger charge is 2.10. The molecule has 5 heteroatoms. The van der Waals surface area contributed by atoms with E-state index in [1.54, 1.807) is 0 Å². The molecule has 2 N–H and O–H groups in total. The molecule has 0 aliphatic carbocycles. The van der Waals surface area contributed by atoms with Crippen LogP contribution in [-0.2, 0) is 30.8 Å². The summed E-state index contributed by atoms with van der Waals surface area (Å²) in [6, 6.07) is 14.5. The fourth-order valence-corrected chi connectivity index (χ4v) is 3.14. The van der Waals surface area contributed by atoms with Crippen LogP contribution in [0.2, 0.25) is 0 Å². The summed E-state index contributed by atoms with van der Waals surface area (Å²) >= 11 is 3.45. The molecule has 0 aromatic heterocycles. The number of nitrogens with one attached hydrogen (secondary N) is 2. The van der Waals surface area contributed by atoms with Gasteiger partial charge in [-0.15, -0.1) is 12.4 Å². The third kappa shape index (κ3) is 5.06. The second kappa shape index (κ2) is 8.48. The maximum absolute atomic E-state index is 12.0. The van der Waals surface area contributed by atoms with Gasteiger partial charge in [-0.3, -0.25) is 4.79 Å². The van der Waals surface area contributed by atoms with Crippen LogP contribution in [0.3, 0.4) is 0 Å². The number of carbonyl (C=O) groups excluding carboxylic acids is 1. The highest BCUT2D eigenvalue weighted by Crippen LogP contribution is 2.17. The van der Waals surface area contributed by atoms with Crippen molar-refractivity contribution in [1.82, 2.24) is 10.6 Å². The smallest absolute Gasteiger partial charge is 0.220 e. The van der Waals surface area contributed by atoms with Crippen LogP contribution in [0.4, 0.5) is 0 Å². The Balaban J connectivity index is 0.00000192. The molecule has 1 amide bonds. The highest BCUT2D eigenvalue weighted by molar-refractivity contribution is 9.10. The number of carbonyl (C=O) groups is 1. The van der Waals surface area contributed by atoms with Crippen molar-refractivity contribution in [3.63, 3.8) is 0 Å². The SMILES string of the molecule is Cl.O=C(CCc1cccc(Br)c1)NCc1ccc2c(c1)CNC2. The molecule has 0 spiro atoms. The molecule has 0 fully saturated rings. The van der Waals surface area contributed by atoms with Crippen molar-refractivity contribution in [2.24, 2.45) is 0 Å². The van der Waals surface area contributed by atoms with Gasteiger partial charge in [-0.05, 0) is 40.8 Å². The molecule has 0 atom stereocenters. The Morgan fingerprint density at radius 3 is 2.74 bits per heavy atom. The van der Waals surface area contributed by atoms with Crippen LogP contribution in [0.5, 0.6) is 0 Å². The molecule has 23 heavy (non-hydrogen) atoms. The van der Waals surface area contributed by atoms with E-state index in [2.05, 4.69) is 50.8 Å². The molecule has 1 heterocycles. The lowest BCUT2D eigenvalue weighted by atomic mass is 10.1. The first kappa shape index (κ1) is 18.0. The molecule has 2 aromatic rings. The molecule has 2 aromatic carbocycles. The maximum atomic E-state index is 12.0. The van der Waals surface area contributed by atoms with Crippen LogP contribution in [0.15, 0.2) is 46.9 Å². The number of halogens is 2. The van der Waals surface area contributed by atoms with Crippen molar-refractivity contribution in [2.75, 3.05) is 0 Å². The second-order valence-electron chi connectivity index (χ2n) is 5.61. The molecule has 122 valence electrons. The molecule has 3 nitrogen and oxygen atoms in total. The lowest BCUT2D eigenvalue weighted by Crippen LogP contribution is -2.23. The van der Waals surface area contributed by atoms with Crippen molar-refractivity contribution in [3.8, 4) is 0 Å². The number of hydrogen-bond acceptors (Lipinski definition) is 2. The van der Waals surface area contributed by atoms with Crippen molar-refractivity contribution in [1.29, 1.82) is 0 Å². The molecule has 3 rings (SSSR count). The van der Waals surface area contributed by atoms with Gasteiger partial charge in [0.05, 0.1) is 0 Å². The number of amides is 1. The van der Waals surface area contributed by atoms with Crippen LogP contribution in [0.25, 0.3) is 0 Å². The van der Waals surface area contributed by atoms with Gasteiger partial charge >= 0.3 is 0 Å². The van der Waals surface area contributed by atoms with Crippen LogP contribution in [0, 0.1) is 0 Å². The average molecular weight is 396 g/mol. The normalized spacial score (nSPS) is 12.4. The van der Waals surface area contributed by atoms with E-state index in [-0.39, 0.29) is 18.3 Å². The zero-order valence-corrected chi connectivity index (χ0v) is 15.2. The number of hydrogen-bond donors (Lipinski definition) is 2. The molecule has 0 radical (unpaired) electrons. The molecule has 0 bridgehead atoms. The minimum absolute atomic E-state index is 0. The predicted octanol–water partition coefficient (Wildman–Crippen LogP) is 3.72. The summed E-state index contributed by atoms with van der Waals surface area (Å²) in [5.41, 5.74) is 5.05. The van der Waals surface area contributed by atoms with E-state index in [0.717, 1.165) is 24.0 Å². The number of benzene rings is 2. The van der Waals surface area contributed by atoms with Gasteiger partial charge in [0.1, 0.15) is 0 Å². The molecular formula is C18H20BrClN2O. The minimum Gasteiger partial charge on any atom is -0.352 e. The predicted molar refractivity (Wildman–Crippen MR) is 98.5 cm³/mol. The topological polar surface area (TPSA) is 41.1 Å². The van der Waals surface area contributed by atoms with E-state index in [1.165, 1.54) is 22.3 Å². The van der Waals surface area contributed by atoms with Gasteiger partial charge in [0.15, 0.2) is 0 Å². The van der Waals surface area contributed by atoms with Crippen molar-refractivity contribution >= 4 is 34.2 Å². The van der Waals surface area contributed by atoms with Gasteiger partial charge in [-0.1, -0.05) is 46.3 Å². The van der Waals surface area contributed by atoms with E-state index in [1.807, 2.05) is 18.2 Å². The molecule has 0 saturated carbocycles. The molecular weight excluding hydrogens is 376 g/mol. The summed E-state index contributed by atoms with van der Waals surface area (Å²) in [6.45, 7) is 2.49. The lowest BCUT2D eigenvalue weighted by molar-refractivity contribution is -0.121. The van der Waals surface area contributed by atoms with Crippen molar-refractivity contribution in [2.45, 2.75) is 32.5 Å². The monoisotopic (exact) mass is 394 g/mol. The highest BCUT2D eigenvalue weighted by atomic mass is 79.9. The largest absolute Gasteiger partial charge is 0.352 e. The third-order valence-corrected chi connectivity index (χ3v) is 4.41. The Kier molecular flexibility index (Phi) is 6.63. The van der Waals surface area contributed by atoms with E-state index >= 15 is 0 Å². The minimum atomic E-state index is 0. The van der Waals surface area contributed by atoms with Crippen LogP contribution < -0.4 is 10.6 Å². The summed E-state index contributed by atoms with van der Waals surface area (Å²) in [5.74, 6) is 0.0959. The third-order valence-electron chi connectivity index (χ3n) is 3.92.